The number of ether oxygens (including phenoxy) is 2. The number of likely N-dealkylation sites (tertiary alicyclic amines) is 1. The Kier molecular flexibility index (Phi) is 7.70. The van der Waals surface area contributed by atoms with Gasteiger partial charge in [0.1, 0.15) is 5.60 Å². The minimum absolute atomic E-state index is 0.0738. The quantitative estimate of drug-likeness (QED) is 0.387. The van der Waals surface area contributed by atoms with Crippen molar-refractivity contribution in [3.63, 3.8) is 0 Å². The molecule has 6 nitrogen and oxygen atoms in total. The zero-order valence-corrected chi connectivity index (χ0v) is 19.4. The summed E-state index contributed by atoms with van der Waals surface area (Å²) in [5, 5.41) is 0.0859. The van der Waals surface area contributed by atoms with Crippen molar-refractivity contribution in [1.29, 1.82) is 0 Å². The molecule has 1 aliphatic rings. The Hall–Kier alpha value is -1.34. The summed E-state index contributed by atoms with van der Waals surface area (Å²) in [6.45, 7) is 19.0. The molecule has 0 aromatic heterocycles. The summed E-state index contributed by atoms with van der Waals surface area (Å²) in [7, 11) is -1.96. The summed E-state index contributed by atoms with van der Waals surface area (Å²) in [6.07, 6.45) is 3.29. The lowest BCUT2D eigenvalue weighted by Gasteiger charge is -2.38. The molecule has 7 heteroatoms. The van der Waals surface area contributed by atoms with E-state index in [-0.39, 0.29) is 23.3 Å². The van der Waals surface area contributed by atoms with Gasteiger partial charge in [-0.3, -0.25) is 4.90 Å². The molecule has 0 aromatic rings. The average Bonchev–Trinajstić information content (AvgIpc) is 2.84. The molecule has 0 unspecified atom stereocenters. The van der Waals surface area contributed by atoms with E-state index in [1.165, 1.54) is 6.08 Å². The Labute approximate surface area is 165 Å². The van der Waals surface area contributed by atoms with E-state index in [2.05, 4.69) is 33.9 Å². The van der Waals surface area contributed by atoms with E-state index in [0.717, 1.165) is 0 Å². The van der Waals surface area contributed by atoms with E-state index in [1.807, 2.05) is 20.8 Å². The number of carbonyl (C=O) groups excluding carboxylic acids is 2. The van der Waals surface area contributed by atoms with Crippen LogP contribution in [0.15, 0.2) is 12.2 Å². The van der Waals surface area contributed by atoms with Crippen LogP contribution >= 0.6 is 0 Å². The van der Waals surface area contributed by atoms with Crippen LogP contribution in [0.2, 0.25) is 18.1 Å². The number of esters is 1. The molecule has 1 aliphatic heterocycles. The lowest BCUT2D eigenvalue weighted by molar-refractivity contribution is -0.137. The van der Waals surface area contributed by atoms with E-state index in [1.54, 1.807) is 17.9 Å². The molecule has 0 aromatic carbocycles. The molecule has 0 saturated carbocycles. The predicted molar refractivity (Wildman–Crippen MR) is 109 cm³/mol. The van der Waals surface area contributed by atoms with Crippen molar-refractivity contribution >= 4 is 20.4 Å². The first-order valence-electron chi connectivity index (χ1n) is 9.68. The van der Waals surface area contributed by atoms with Crippen LogP contribution in [0.5, 0.6) is 0 Å². The van der Waals surface area contributed by atoms with Gasteiger partial charge < -0.3 is 13.9 Å². The number of rotatable bonds is 5. The second-order valence-corrected chi connectivity index (χ2v) is 14.3. The van der Waals surface area contributed by atoms with Crippen LogP contribution in [0, 0.1) is 0 Å². The zero-order valence-electron chi connectivity index (χ0n) is 18.4. The second kappa shape index (κ2) is 8.77. The lowest BCUT2D eigenvalue weighted by atomic mass is 10.2. The third kappa shape index (κ3) is 7.29. The van der Waals surface area contributed by atoms with Gasteiger partial charge in [0, 0.05) is 12.6 Å². The first-order chi connectivity index (χ1) is 12.2. The maximum Gasteiger partial charge on any atom is 0.410 e. The van der Waals surface area contributed by atoms with Gasteiger partial charge in [-0.1, -0.05) is 26.8 Å². The fraction of sp³-hybridized carbons (Fsp3) is 0.800. The number of carbonyl (C=O) groups is 2. The first kappa shape index (κ1) is 23.7. The predicted octanol–water partition coefficient (Wildman–Crippen LogP) is 4.51. The summed E-state index contributed by atoms with van der Waals surface area (Å²) < 4.78 is 17.0. The molecule has 0 N–H and O–H groups in total. The molecule has 0 radical (unpaired) electrons. The molecular formula is C20H37NO5Si. The molecule has 0 spiro atoms. The molecule has 1 fully saturated rings. The van der Waals surface area contributed by atoms with Gasteiger partial charge in [0.25, 0.3) is 0 Å². The van der Waals surface area contributed by atoms with E-state index in [9.17, 15) is 9.59 Å². The molecule has 0 bridgehead atoms. The van der Waals surface area contributed by atoms with Gasteiger partial charge in [-0.25, -0.2) is 9.59 Å². The summed E-state index contributed by atoms with van der Waals surface area (Å²) in [5.41, 5.74) is -0.579. The van der Waals surface area contributed by atoms with Crippen LogP contribution in [0.25, 0.3) is 0 Å². The summed E-state index contributed by atoms with van der Waals surface area (Å²) in [4.78, 5) is 26.0. The molecule has 0 aliphatic carbocycles. The average molecular weight is 400 g/mol. The highest BCUT2D eigenvalue weighted by Gasteiger charge is 2.43. The van der Waals surface area contributed by atoms with Crippen molar-refractivity contribution in [2.75, 3.05) is 13.2 Å². The van der Waals surface area contributed by atoms with Crippen LogP contribution in [-0.2, 0) is 18.7 Å². The van der Waals surface area contributed by atoms with E-state index in [4.69, 9.17) is 13.9 Å². The molecule has 2 atom stereocenters. The van der Waals surface area contributed by atoms with Gasteiger partial charge >= 0.3 is 12.1 Å². The standard InChI is InChI=1S/C20H37NO5Si/c1-10-24-17(22)12-11-15-13-16(26-27(8,9)20(5,6)7)14-21(15)18(23)25-19(2,3)4/h11-12,15-16H,10,13-14H2,1-9H3/t15-,16-/m1/s1. The van der Waals surface area contributed by atoms with Crippen molar-refractivity contribution in [2.45, 2.75) is 90.8 Å². The molecule has 1 rings (SSSR count). The van der Waals surface area contributed by atoms with Crippen LogP contribution in [0.4, 0.5) is 4.79 Å². The minimum Gasteiger partial charge on any atom is -0.463 e. The second-order valence-electron chi connectivity index (χ2n) is 9.55. The number of nitrogens with zero attached hydrogens (tertiary/aromatic N) is 1. The molecule has 27 heavy (non-hydrogen) atoms. The highest BCUT2D eigenvalue weighted by atomic mass is 28.4. The highest BCUT2D eigenvalue weighted by molar-refractivity contribution is 6.74. The van der Waals surface area contributed by atoms with Crippen LogP contribution in [0.1, 0.15) is 54.9 Å². The van der Waals surface area contributed by atoms with Crippen molar-refractivity contribution < 1.29 is 23.5 Å². The van der Waals surface area contributed by atoms with Crippen LogP contribution in [0.3, 0.4) is 0 Å². The molecular weight excluding hydrogens is 362 g/mol. The van der Waals surface area contributed by atoms with Gasteiger partial charge in [-0.05, 0) is 52.2 Å². The smallest absolute Gasteiger partial charge is 0.410 e. The van der Waals surface area contributed by atoms with Crippen LogP contribution < -0.4 is 0 Å². The molecule has 156 valence electrons. The monoisotopic (exact) mass is 399 g/mol. The lowest BCUT2D eigenvalue weighted by Crippen LogP contribution is -2.45. The van der Waals surface area contributed by atoms with Gasteiger partial charge in [0.05, 0.1) is 18.8 Å². The topological polar surface area (TPSA) is 65.1 Å². The SMILES string of the molecule is CCOC(=O)C=C[C@@H]1C[C@@H](O[Si](C)(C)C(C)(C)C)CN1C(=O)OC(C)(C)C. The van der Waals surface area contributed by atoms with Crippen molar-refractivity contribution in [3.8, 4) is 0 Å². The molecule has 1 amide bonds. The normalized spacial score (nSPS) is 21.6. The van der Waals surface area contributed by atoms with E-state index in [0.29, 0.717) is 19.6 Å². The fourth-order valence-corrected chi connectivity index (χ4v) is 3.96. The Bertz CT molecular complexity index is 560. The Morgan fingerprint density at radius 3 is 2.22 bits per heavy atom. The largest absolute Gasteiger partial charge is 0.463 e. The van der Waals surface area contributed by atoms with Crippen molar-refractivity contribution in [1.82, 2.24) is 4.90 Å². The summed E-state index contributed by atoms with van der Waals surface area (Å²) in [5.74, 6) is -0.407. The number of amides is 1. The highest BCUT2D eigenvalue weighted by Crippen LogP contribution is 2.39. The fourth-order valence-electron chi connectivity index (χ4n) is 2.60. The Morgan fingerprint density at radius 1 is 1.15 bits per heavy atom. The van der Waals surface area contributed by atoms with Crippen LogP contribution in [-0.4, -0.2) is 56.2 Å². The van der Waals surface area contributed by atoms with Gasteiger partial charge in [0.2, 0.25) is 0 Å². The summed E-state index contributed by atoms with van der Waals surface area (Å²) in [6, 6.07) is -0.251. The zero-order chi connectivity index (χ0) is 21.0. The molecule has 1 saturated heterocycles. The van der Waals surface area contributed by atoms with Crippen molar-refractivity contribution in [2.24, 2.45) is 0 Å². The minimum atomic E-state index is -1.96. The van der Waals surface area contributed by atoms with Gasteiger partial charge in [-0.15, -0.1) is 0 Å². The number of hydrogen-bond donors (Lipinski definition) is 0. The first-order valence-corrected chi connectivity index (χ1v) is 12.6. The maximum absolute atomic E-state index is 12.7. The third-order valence-electron chi connectivity index (χ3n) is 4.94. The van der Waals surface area contributed by atoms with Gasteiger partial charge in [-0.2, -0.15) is 0 Å². The van der Waals surface area contributed by atoms with E-state index >= 15 is 0 Å². The Balaban J connectivity index is 2.95. The summed E-state index contributed by atoms with van der Waals surface area (Å²) >= 11 is 0. The molecule has 1 heterocycles. The third-order valence-corrected chi connectivity index (χ3v) is 9.48. The Morgan fingerprint density at radius 2 is 1.74 bits per heavy atom. The van der Waals surface area contributed by atoms with Crippen molar-refractivity contribution in [3.05, 3.63) is 12.2 Å². The maximum atomic E-state index is 12.7. The van der Waals surface area contributed by atoms with Gasteiger partial charge in [0.15, 0.2) is 8.32 Å². The number of hydrogen-bond acceptors (Lipinski definition) is 5. The van der Waals surface area contributed by atoms with E-state index < -0.39 is 19.9 Å².